The topological polar surface area (TPSA) is 63.8 Å². The summed E-state index contributed by atoms with van der Waals surface area (Å²) < 4.78 is 1.04. The summed E-state index contributed by atoms with van der Waals surface area (Å²) in [4.78, 5) is 8.66. The summed E-state index contributed by atoms with van der Waals surface area (Å²) in [6, 6.07) is 8.02. The fourth-order valence-electron chi connectivity index (χ4n) is 1.75. The van der Waals surface area contributed by atoms with E-state index in [0.29, 0.717) is 5.95 Å². The SMILES string of the molecule is CC(C)(N)CCNc1ncc(-c2ccccc2Br)cn1. The first-order chi connectivity index (χ1) is 9.46. The van der Waals surface area contributed by atoms with Crippen LogP contribution in [0.25, 0.3) is 11.1 Å². The van der Waals surface area contributed by atoms with Gasteiger partial charge in [0.2, 0.25) is 5.95 Å². The van der Waals surface area contributed by atoms with Crippen molar-refractivity contribution in [1.29, 1.82) is 0 Å². The molecule has 4 nitrogen and oxygen atoms in total. The number of anilines is 1. The molecular weight excluding hydrogens is 316 g/mol. The van der Waals surface area contributed by atoms with Gasteiger partial charge in [0.25, 0.3) is 0 Å². The van der Waals surface area contributed by atoms with Crippen molar-refractivity contribution in [1.82, 2.24) is 9.97 Å². The second-order valence-electron chi connectivity index (χ2n) is 5.44. The average Bonchev–Trinajstić information content (AvgIpc) is 2.39. The molecule has 0 aliphatic heterocycles. The number of hydrogen-bond donors (Lipinski definition) is 2. The van der Waals surface area contributed by atoms with E-state index in [1.807, 2.05) is 50.5 Å². The van der Waals surface area contributed by atoms with Gasteiger partial charge in [0.05, 0.1) is 0 Å². The quantitative estimate of drug-likeness (QED) is 0.878. The Kier molecular flexibility index (Phi) is 4.73. The van der Waals surface area contributed by atoms with Crippen LogP contribution in [0.1, 0.15) is 20.3 Å². The number of halogens is 1. The van der Waals surface area contributed by atoms with E-state index in [2.05, 4.69) is 31.2 Å². The first kappa shape index (κ1) is 14.9. The fourth-order valence-corrected chi connectivity index (χ4v) is 2.26. The molecule has 0 amide bonds. The Bertz CT molecular complexity index is 561. The average molecular weight is 335 g/mol. The van der Waals surface area contributed by atoms with E-state index in [-0.39, 0.29) is 5.54 Å². The maximum absolute atomic E-state index is 5.93. The molecule has 1 heterocycles. The van der Waals surface area contributed by atoms with Gasteiger partial charge in [0.15, 0.2) is 0 Å². The van der Waals surface area contributed by atoms with Gasteiger partial charge in [-0.3, -0.25) is 0 Å². The number of benzene rings is 1. The van der Waals surface area contributed by atoms with Gasteiger partial charge in [0, 0.05) is 34.5 Å². The summed E-state index contributed by atoms with van der Waals surface area (Å²) in [5.41, 5.74) is 7.83. The van der Waals surface area contributed by atoms with E-state index in [1.54, 1.807) is 0 Å². The molecule has 0 spiro atoms. The third-order valence-corrected chi connectivity index (χ3v) is 3.58. The minimum Gasteiger partial charge on any atom is -0.354 e. The molecule has 20 heavy (non-hydrogen) atoms. The highest BCUT2D eigenvalue weighted by atomic mass is 79.9. The second kappa shape index (κ2) is 6.33. The third-order valence-electron chi connectivity index (χ3n) is 2.89. The van der Waals surface area contributed by atoms with Crippen molar-refractivity contribution in [2.75, 3.05) is 11.9 Å². The lowest BCUT2D eigenvalue weighted by Crippen LogP contribution is -2.34. The van der Waals surface area contributed by atoms with Gasteiger partial charge in [0.1, 0.15) is 0 Å². The molecule has 0 aliphatic carbocycles. The first-order valence-corrected chi connectivity index (χ1v) is 7.35. The molecule has 2 rings (SSSR count). The molecule has 0 aliphatic rings. The Balaban J connectivity index is 2.02. The van der Waals surface area contributed by atoms with Gasteiger partial charge in [-0.05, 0) is 31.9 Å². The van der Waals surface area contributed by atoms with E-state index >= 15 is 0 Å². The standard InChI is InChI=1S/C15H19BrN4/c1-15(2,17)7-8-18-14-19-9-11(10-20-14)12-5-3-4-6-13(12)16/h3-6,9-10H,7-8,17H2,1-2H3,(H,18,19,20). The van der Waals surface area contributed by atoms with Crippen LogP contribution in [0.15, 0.2) is 41.1 Å². The zero-order chi connectivity index (χ0) is 14.6. The Morgan fingerprint density at radius 1 is 1.20 bits per heavy atom. The minimum absolute atomic E-state index is 0.179. The Morgan fingerprint density at radius 2 is 1.85 bits per heavy atom. The van der Waals surface area contributed by atoms with Gasteiger partial charge in [-0.25, -0.2) is 9.97 Å². The molecule has 0 fully saturated rings. The number of rotatable bonds is 5. The molecule has 5 heteroatoms. The lowest BCUT2D eigenvalue weighted by atomic mass is 10.0. The predicted molar refractivity (Wildman–Crippen MR) is 86.5 cm³/mol. The lowest BCUT2D eigenvalue weighted by molar-refractivity contribution is 0.490. The Morgan fingerprint density at radius 3 is 2.45 bits per heavy atom. The summed E-state index contributed by atoms with van der Waals surface area (Å²) in [6.45, 7) is 4.77. The van der Waals surface area contributed by atoms with Crippen LogP contribution in [-0.2, 0) is 0 Å². The maximum Gasteiger partial charge on any atom is 0.222 e. The first-order valence-electron chi connectivity index (χ1n) is 6.55. The summed E-state index contributed by atoms with van der Waals surface area (Å²) in [5.74, 6) is 0.630. The minimum atomic E-state index is -0.179. The highest BCUT2D eigenvalue weighted by Gasteiger charge is 2.10. The molecule has 2 aromatic rings. The summed E-state index contributed by atoms with van der Waals surface area (Å²) >= 11 is 3.53. The van der Waals surface area contributed by atoms with Gasteiger partial charge in [-0.1, -0.05) is 34.1 Å². The van der Waals surface area contributed by atoms with Crippen LogP contribution in [-0.4, -0.2) is 22.1 Å². The maximum atomic E-state index is 5.93. The summed E-state index contributed by atoms with van der Waals surface area (Å²) in [5, 5.41) is 3.18. The van der Waals surface area contributed by atoms with E-state index in [9.17, 15) is 0 Å². The van der Waals surface area contributed by atoms with Crippen molar-refractivity contribution in [3.05, 3.63) is 41.1 Å². The van der Waals surface area contributed by atoms with Crippen LogP contribution in [0.5, 0.6) is 0 Å². The van der Waals surface area contributed by atoms with Crippen molar-refractivity contribution in [3.8, 4) is 11.1 Å². The van der Waals surface area contributed by atoms with Crippen molar-refractivity contribution in [3.63, 3.8) is 0 Å². The Hall–Kier alpha value is -1.46. The van der Waals surface area contributed by atoms with E-state index in [1.165, 1.54) is 0 Å². The van der Waals surface area contributed by atoms with Gasteiger partial charge in [-0.2, -0.15) is 0 Å². The third kappa shape index (κ3) is 4.28. The monoisotopic (exact) mass is 334 g/mol. The molecule has 3 N–H and O–H groups in total. The van der Waals surface area contributed by atoms with Crippen molar-refractivity contribution >= 4 is 21.9 Å². The number of nitrogens with one attached hydrogen (secondary N) is 1. The number of hydrogen-bond acceptors (Lipinski definition) is 4. The van der Waals surface area contributed by atoms with Crippen LogP contribution in [0.4, 0.5) is 5.95 Å². The lowest BCUT2D eigenvalue weighted by Gasteiger charge is -2.18. The van der Waals surface area contributed by atoms with Crippen LogP contribution in [0.2, 0.25) is 0 Å². The zero-order valence-corrected chi connectivity index (χ0v) is 13.3. The second-order valence-corrected chi connectivity index (χ2v) is 6.29. The van der Waals surface area contributed by atoms with Crippen LogP contribution < -0.4 is 11.1 Å². The molecule has 1 aromatic carbocycles. The molecule has 0 bridgehead atoms. The number of nitrogens with zero attached hydrogens (tertiary/aromatic N) is 2. The molecule has 0 saturated heterocycles. The largest absolute Gasteiger partial charge is 0.354 e. The van der Waals surface area contributed by atoms with Crippen molar-refractivity contribution in [2.45, 2.75) is 25.8 Å². The molecule has 0 radical (unpaired) electrons. The molecular formula is C15H19BrN4. The van der Waals surface area contributed by atoms with Gasteiger partial charge < -0.3 is 11.1 Å². The fraction of sp³-hybridized carbons (Fsp3) is 0.333. The van der Waals surface area contributed by atoms with Gasteiger partial charge in [-0.15, -0.1) is 0 Å². The van der Waals surface area contributed by atoms with E-state index < -0.39 is 0 Å². The zero-order valence-electron chi connectivity index (χ0n) is 11.7. The predicted octanol–water partition coefficient (Wildman–Crippen LogP) is 3.45. The van der Waals surface area contributed by atoms with E-state index in [0.717, 1.165) is 28.6 Å². The van der Waals surface area contributed by atoms with Crippen LogP contribution >= 0.6 is 15.9 Å². The Labute approximate surface area is 128 Å². The van der Waals surface area contributed by atoms with Crippen molar-refractivity contribution < 1.29 is 0 Å². The van der Waals surface area contributed by atoms with Crippen molar-refractivity contribution in [2.24, 2.45) is 5.73 Å². The van der Waals surface area contributed by atoms with Crippen LogP contribution in [0, 0.1) is 0 Å². The smallest absolute Gasteiger partial charge is 0.222 e. The molecule has 0 atom stereocenters. The highest BCUT2D eigenvalue weighted by Crippen LogP contribution is 2.26. The molecule has 1 aromatic heterocycles. The summed E-state index contributed by atoms with van der Waals surface area (Å²) in [6.07, 6.45) is 4.51. The molecule has 0 saturated carbocycles. The number of aromatic nitrogens is 2. The number of nitrogens with two attached hydrogens (primary N) is 1. The molecule has 0 unspecified atom stereocenters. The normalized spacial score (nSPS) is 11.4. The van der Waals surface area contributed by atoms with E-state index in [4.69, 9.17) is 5.73 Å². The van der Waals surface area contributed by atoms with Gasteiger partial charge >= 0.3 is 0 Å². The summed E-state index contributed by atoms with van der Waals surface area (Å²) in [7, 11) is 0. The molecule has 106 valence electrons. The highest BCUT2D eigenvalue weighted by molar-refractivity contribution is 9.10. The van der Waals surface area contributed by atoms with Crippen LogP contribution in [0.3, 0.4) is 0 Å².